The second-order valence-electron chi connectivity index (χ2n) is 4.35. The topological polar surface area (TPSA) is 90.5 Å². The molecule has 3 N–H and O–H groups in total. The molecule has 94 valence electrons. The van der Waals surface area contributed by atoms with E-state index >= 15 is 0 Å². The molecule has 0 bridgehead atoms. The molecule has 1 unspecified atom stereocenters. The Bertz CT molecular complexity index is 371. The van der Waals surface area contributed by atoms with Gasteiger partial charge >= 0.3 is 12.1 Å². The van der Waals surface area contributed by atoms with Gasteiger partial charge in [-0.15, -0.1) is 0 Å². The van der Waals surface area contributed by atoms with Gasteiger partial charge in [0.2, 0.25) is 0 Å². The van der Waals surface area contributed by atoms with Crippen molar-refractivity contribution in [3.05, 3.63) is 0 Å². The second kappa shape index (κ2) is 4.23. The third-order valence-electron chi connectivity index (χ3n) is 3.12. The van der Waals surface area contributed by atoms with Gasteiger partial charge < -0.3 is 15.5 Å². The van der Waals surface area contributed by atoms with Crippen LogP contribution in [0.2, 0.25) is 0 Å². The zero-order valence-corrected chi connectivity index (χ0v) is 9.71. The number of piperidine rings is 1. The number of imide groups is 1. The van der Waals surface area contributed by atoms with Crippen LogP contribution < -0.4 is 16.0 Å². The number of rotatable bonds is 1. The van der Waals surface area contributed by atoms with Crippen molar-refractivity contribution in [2.24, 2.45) is 0 Å². The summed E-state index contributed by atoms with van der Waals surface area (Å²) in [7, 11) is 0. The Balaban J connectivity index is 2.09. The maximum absolute atomic E-state index is 11.7. The van der Waals surface area contributed by atoms with E-state index in [1.165, 1.54) is 0 Å². The van der Waals surface area contributed by atoms with Crippen molar-refractivity contribution in [3.8, 4) is 0 Å². The summed E-state index contributed by atoms with van der Waals surface area (Å²) in [4.78, 5) is 36.2. The maximum Gasteiger partial charge on any atom is 0.322 e. The molecule has 1 spiro atoms. The fourth-order valence-electron chi connectivity index (χ4n) is 2.31. The van der Waals surface area contributed by atoms with E-state index in [-0.39, 0.29) is 18.5 Å². The number of nitrogens with zero attached hydrogens (tertiary/aromatic N) is 1. The predicted molar refractivity (Wildman–Crippen MR) is 59.3 cm³/mol. The molecule has 2 rings (SSSR count). The minimum atomic E-state index is -0.930. The zero-order chi connectivity index (χ0) is 12.5. The minimum Gasteiger partial charge on any atom is -0.338 e. The quantitative estimate of drug-likeness (QED) is 0.534. The number of hydrogen-bond donors (Lipinski definition) is 3. The molecule has 2 saturated heterocycles. The molecule has 0 radical (unpaired) electrons. The number of hydrogen-bond acceptors (Lipinski definition) is 3. The summed E-state index contributed by atoms with van der Waals surface area (Å²) in [5.74, 6) is -0.337. The van der Waals surface area contributed by atoms with Crippen LogP contribution in [0.3, 0.4) is 0 Å². The Hall–Kier alpha value is -1.79. The smallest absolute Gasteiger partial charge is 0.322 e. The Morgan fingerprint density at radius 3 is 2.88 bits per heavy atom. The van der Waals surface area contributed by atoms with Crippen molar-refractivity contribution in [1.29, 1.82) is 0 Å². The second-order valence-corrected chi connectivity index (χ2v) is 4.35. The monoisotopic (exact) mass is 240 g/mol. The molecule has 2 aliphatic heterocycles. The molecule has 0 saturated carbocycles. The molecule has 7 nitrogen and oxygen atoms in total. The van der Waals surface area contributed by atoms with Gasteiger partial charge in [0.05, 0.1) is 6.54 Å². The number of nitrogens with one attached hydrogen (secondary N) is 3. The molecule has 2 aliphatic rings. The number of likely N-dealkylation sites (tertiary alicyclic amines) is 1. The van der Waals surface area contributed by atoms with Crippen molar-refractivity contribution in [2.75, 3.05) is 19.6 Å². The molecule has 0 aromatic carbocycles. The minimum absolute atomic E-state index is 0.194. The van der Waals surface area contributed by atoms with E-state index < -0.39 is 11.6 Å². The average Bonchev–Trinajstić information content (AvgIpc) is 2.54. The van der Waals surface area contributed by atoms with Gasteiger partial charge in [-0.25, -0.2) is 9.59 Å². The van der Waals surface area contributed by atoms with Crippen LogP contribution in [0.1, 0.15) is 19.8 Å². The molecule has 17 heavy (non-hydrogen) atoms. The normalized spacial score (nSPS) is 27.9. The van der Waals surface area contributed by atoms with Gasteiger partial charge in [0.25, 0.3) is 5.91 Å². The largest absolute Gasteiger partial charge is 0.338 e. The van der Waals surface area contributed by atoms with Gasteiger partial charge in [-0.3, -0.25) is 10.1 Å². The Morgan fingerprint density at radius 1 is 1.53 bits per heavy atom. The summed E-state index contributed by atoms with van der Waals surface area (Å²) >= 11 is 0. The Morgan fingerprint density at radius 2 is 2.29 bits per heavy atom. The fourth-order valence-corrected chi connectivity index (χ4v) is 2.31. The summed E-state index contributed by atoms with van der Waals surface area (Å²) in [5, 5.41) is 7.54. The first kappa shape index (κ1) is 11.7. The molecule has 0 aromatic heterocycles. The van der Waals surface area contributed by atoms with Crippen LogP contribution in [-0.2, 0) is 4.79 Å². The van der Waals surface area contributed by atoms with Crippen LogP contribution in [0.15, 0.2) is 0 Å². The van der Waals surface area contributed by atoms with Crippen LogP contribution in [0.4, 0.5) is 9.59 Å². The summed E-state index contributed by atoms with van der Waals surface area (Å²) in [6.07, 6.45) is 1.27. The summed E-state index contributed by atoms with van der Waals surface area (Å²) in [6.45, 7) is 3.22. The summed E-state index contributed by atoms with van der Waals surface area (Å²) in [5.41, 5.74) is -0.930. The van der Waals surface area contributed by atoms with Crippen molar-refractivity contribution in [1.82, 2.24) is 20.9 Å². The first-order valence-corrected chi connectivity index (χ1v) is 5.74. The highest BCUT2D eigenvalue weighted by Crippen LogP contribution is 2.24. The first-order chi connectivity index (χ1) is 8.07. The third-order valence-corrected chi connectivity index (χ3v) is 3.12. The van der Waals surface area contributed by atoms with Crippen molar-refractivity contribution in [2.45, 2.75) is 25.3 Å². The zero-order valence-electron chi connectivity index (χ0n) is 9.71. The van der Waals surface area contributed by atoms with Crippen LogP contribution in [-0.4, -0.2) is 48.0 Å². The van der Waals surface area contributed by atoms with Gasteiger partial charge in [-0.05, 0) is 19.8 Å². The van der Waals surface area contributed by atoms with Crippen molar-refractivity contribution < 1.29 is 14.4 Å². The lowest BCUT2D eigenvalue weighted by Crippen LogP contribution is -2.60. The molecule has 0 aliphatic carbocycles. The highest BCUT2D eigenvalue weighted by molar-refractivity contribution is 6.07. The van der Waals surface area contributed by atoms with Crippen LogP contribution in [0.25, 0.3) is 0 Å². The van der Waals surface area contributed by atoms with E-state index in [1.54, 1.807) is 4.90 Å². The maximum atomic E-state index is 11.7. The molecular formula is C10H16N4O3. The predicted octanol–water partition coefficient (Wildman–Crippen LogP) is -0.610. The molecule has 7 heteroatoms. The SMILES string of the molecule is CCNC(=O)N1CCCC2(C1)NC(=O)NC2=O. The fraction of sp³-hybridized carbons (Fsp3) is 0.700. The van der Waals surface area contributed by atoms with Crippen LogP contribution >= 0.6 is 0 Å². The lowest BCUT2D eigenvalue weighted by atomic mass is 9.89. The first-order valence-electron chi connectivity index (χ1n) is 5.74. The van der Waals surface area contributed by atoms with Crippen molar-refractivity contribution in [3.63, 3.8) is 0 Å². The van der Waals surface area contributed by atoms with E-state index in [4.69, 9.17) is 0 Å². The number of carbonyl (C=O) groups is 3. The number of carbonyl (C=O) groups excluding carboxylic acids is 3. The number of urea groups is 2. The van der Waals surface area contributed by atoms with Crippen LogP contribution in [0, 0.1) is 0 Å². The Kier molecular flexibility index (Phi) is 2.91. The van der Waals surface area contributed by atoms with Crippen LogP contribution in [0.5, 0.6) is 0 Å². The standard InChI is InChI=1S/C10H16N4O3/c1-2-11-9(17)14-5-3-4-10(6-14)7(15)12-8(16)13-10/h2-6H2,1H3,(H,11,17)(H2,12,13,15,16). The molecule has 2 heterocycles. The highest BCUT2D eigenvalue weighted by Gasteiger charge is 2.49. The van der Waals surface area contributed by atoms with Gasteiger partial charge in [0.15, 0.2) is 0 Å². The lowest BCUT2D eigenvalue weighted by Gasteiger charge is -2.37. The van der Waals surface area contributed by atoms with Gasteiger partial charge in [-0.2, -0.15) is 0 Å². The van der Waals surface area contributed by atoms with E-state index in [9.17, 15) is 14.4 Å². The lowest BCUT2D eigenvalue weighted by molar-refractivity contribution is -0.125. The molecule has 0 aromatic rings. The number of amides is 5. The van der Waals surface area contributed by atoms with Crippen molar-refractivity contribution >= 4 is 18.0 Å². The third kappa shape index (κ3) is 2.04. The highest BCUT2D eigenvalue weighted by atomic mass is 16.2. The van der Waals surface area contributed by atoms with E-state index in [1.807, 2.05) is 6.92 Å². The van der Waals surface area contributed by atoms with Gasteiger partial charge in [0, 0.05) is 13.1 Å². The molecule has 1 atom stereocenters. The summed E-state index contributed by atoms with van der Waals surface area (Å²) < 4.78 is 0. The van der Waals surface area contributed by atoms with E-state index in [2.05, 4.69) is 16.0 Å². The Labute approximate surface area is 98.9 Å². The van der Waals surface area contributed by atoms with E-state index in [0.717, 1.165) is 0 Å². The molecule has 2 fully saturated rings. The molecule has 5 amide bonds. The van der Waals surface area contributed by atoms with E-state index in [0.29, 0.717) is 25.9 Å². The molecular weight excluding hydrogens is 224 g/mol. The summed E-state index contributed by atoms with van der Waals surface area (Å²) in [6, 6.07) is -0.673. The van der Waals surface area contributed by atoms with Gasteiger partial charge in [-0.1, -0.05) is 0 Å². The average molecular weight is 240 g/mol. The van der Waals surface area contributed by atoms with Gasteiger partial charge in [0.1, 0.15) is 5.54 Å².